The van der Waals surface area contributed by atoms with Gasteiger partial charge in [-0.25, -0.2) is 0 Å². The van der Waals surface area contributed by atoms with Gasteiger partial charge in [-0.1, -0.05) is 46.8 Å². The topological polar surface area (TPSA) is 93.1 Å². The molecule has 0 aromatic carbocycles. The molecule has 4 aliphatic carbocycles. The summed E-state index contributed by atoms with van der Waals surface area (Å²) in [6.45, 7) is 20.4. The van der Waals surface area contributed by atoms with E-state index in [1.165, 1.54) is 13.8 Å². The SMILES string of the molecule is CC(=O)O[C@@H]1CC2[C@@]3(C)CC[C@@H](OC(C)=O)C(C)(C)C3CC[C@@]2(C)[C@]2(C)CCC(C(C)(O)C/C=C/C(C)(C)O)C12. The van der Waals surface area contributed by atoms with E-state index in [0.717, 1.165) is 44.9 Å². The quantitative estimate of drug-likeness (QED) is 0.280. The lowest BCUT2D eigenvalue weighted by Gasteiger charge is -2.70. The zero-order valence-electron chi connectivity index (χ0n) is 26.8. The number of ether oxygens (including phenoxy) is 2. The molecular weight excluding hydrogens is 504 g/mol. The second kappa shape index (κ2) is 10.1. The number of carbonyl (C=O) groups is 2. The van der Waals surface area contributed by atoms with Crippen molar-refractivity contribution in [2.24, 2.45) is 45.3 Å². The van der Waals surface area contributed by atoms with Crippen LogP contribution in [0.15, 0.2) is 12.2 Å². The summed E-state index contributed by atoms with van der Waals surface area (Å²) in [5.41, 5.74) is -2.05. The minimum absolute atomic E-state index is 0.00671. The smallest absolute Gasteiger partial charge is 0.302 e. The zero-order chi connectivity index (χ0) is 30.1. The Kier molecular flexibility index (Phi) is 7.97. The number of fused-ring (bicyclic) bond motifs is 5. The molecule has 0 bridgehead atoms. The number of aliphatic hydroxyl groups is 2. The average Bonchev–Trinajstić information content (AvgIpc) is 3.16. The predicted octanol–water partition coefficient (Wildman–Crippen LogP) is 6.61. The van der Waals surface area contributed by atoms with Crippen LogP contribution >= 0.6 is 0 Å². The van der Waals surface area contributed by atoms with Crippen molar-refractivity contribution in [3.8, 4) is 0 Å². The molecule has 6 nitrogen and oxygen atoms in total. The molecule has 5 unspecified atom stereocenters. The zero-order valence-corrected chi connectivity index (χ0v) is 26.8. The maximum absolute atomic E-state index is 12.5. The molecule has 4 aliphatic rings. The van der Waals surface area contributed by atoms with E-state index in [9.17, 15) is 19.8 Å². The van der Waals surface area contributed by atoms with Gasteiger partial charge in [0.05, 0.1) is 11.2 Å². The molecule has 4 saturated carbocycles. The Hall–Kier alpha value is -1.40. The van der Waals surface area contributed by atoms with Crippen LogP contribution in [0.3, 0.4) is 0 Å². The lowest BCUT2D eigenvalue weighted by Crippen LogP contribution is -2.67. The summed E-state index contributed by atoms with van der Waals surface area (Å²) < 4.78 is 12.1. The van der Waals surface area contributed by atoms with Gasteiger partial charge in [0.25, 0.3) is 0 Å². The summed E-state index contributed by atoms with van der Waals surface area (Å²) in [4.78, 5) is 24.5. The van der Waals surface area contributed by atoms with Gasteiger partial charge in [0.1, 0.15) is 12.2 Å². The molecule has 40 heavy (non-hydrogen) atoms. The first-order chi connectivity index (χ1) is 18.2. The highest BCUT2D eigenvalue weighted by molar-refractivity contribution is 5.66. The summed E-state index contributed by atoms with van der Waals surface area (Å²) in [5, 5.41) is 22.1. The van der Waals surface area contributed by atoms with Gasteiger partial charge in [-0.2, -0.15) is 0 Å². The second-order valence-corrected chi connectivity index (χ2v) is 16.1. The summed E-state index contributed by atoms with van der Waals surface area (Å²) in [5.74, 6) is 0.370. The van der Waals surface area contributed by atoms with Gasteiger partial charge in [-0.3, -0.25) is 9.59 Å². The van der Waals surface area contributed by atoms with E-state index in [0.29, 0.717) is 18.3 Å². The van der Waals surface area contributed by atoms with E-state index in [1.807, 2.05) is 13.0 Å². The van der Waals surface area contributed by atoms with Crippen LogP contribution in [0.4, 0.5) is 0 Å². The van der Waals surface area contributed by atoms with Crippen molar-refractivity contribution in [2.75, 3.05) is 0 Å². The molecule has 0 heterocycles. The Morgan fingerprint density at radius 2 is 1.45 bits per heavy atom. The molecule has 228 valence electrons. The van der Waals surface area contributed by atoms with E-state index < -0.39 is 11.2 Å². The van der Waals surface area contributed by atoms with Crippen LogP contribution in [0.25, 0.3) is 0 Å². The Morgan fingerprint density at radius 3 is 2.02 bits per heavy atom. The van der Waals surface area contributed by atoms with Gasteiger partial charge in [-0.15, -0.1) is 0 Å². The van der Waals surface area contributed by atoms with E-state index in [4.69, 9.17) is 9.47 Å². The molecule has 0 amide bonds. The van der Waals surface area contributed by atoms with Crippen molar-refractivity contribution < 1.29 is 29.3 Å². The molecule has 4 fully saturated rings. The van der Waals surface area contributed by atoms with Crippen molar-refractivity contribution in [3.05, 3.63) is 12.2 Å². The predicted molar refractivity (Wildman–Crippen MR) is 156 cm³/mol. The monoisotopic (exact) mass is 560 g/mol. The Labute approximate surface area is 242 Å². The molecule has 0 radical (unpaired) electrons. The lowest BCUT2D eigenvalue weighted by molar-refractivity contribution is -0.252. The van der Waals surface area contributed by atoms with Crippen molar-refractivity contribution in [2.45, 2.75) is 144 Å². The Balaban J connectivity index is 1.72. The fourth-order valence-corrected chi connectivity index (χ4v) is 10.9. The molecule has 0 spiro atoms. The number of carbonyl (C=O) groups excluding carboxylic acids is 2. The molecule has 0 aromatic rings. The lowest BCUT2D eigenvalue weighted by atomic mass is 9.35. The van der Waals surface area contributed by atoms with Crippen LogP contribution in [0.2, 0.25) is 0 Å². The number of rotatable bonds is 6. The number of hydrogen-bond donors (Lipinski definition) is 2. The summed E-state index contributed by atoms with van der Waals surface area (Å²) in [6, 6.07) is 0. The van der Waals surface area contributed by atoms with Crippen molar-refractivity contribution in [1.82, 2.24) is 0 Å². The largest absolute Gasteiger partial charge is 0.462 e. The Morgan fingerprint density at radius 1 is 0.850 bits per heavy atom. The van der Waals surface area contributed by atoms with E-state index in [-0.39, 0.29) is 57.6 Å². The molecule has 0 aromatic heterocycles. The van der Waals surface area contributed by atoms with Gasteiger partial charge in [0.15, 0.2) is 0 Å². The molecule has 4 rings (SSSR count). The standard InChI is InChI=1S/C34H56O6/c1-21(35)39-24-20-26-31(7)17-14-27(40-22(2)36)30(5,6)25(31)13-19-32(26,8)33(9)18-12-23(28(24)33)34(10,38)16-11-15-29(3,4)37/h11,15,23-28,37-38H,12-14,16-20H2,1-10H3/b15-11+/t23?,24-,25?,26?,27-,28?,31+,32-,33-,34?/m1/s1. The van der Waals surface area contributed by atoms with E-state index in [1.54, 1.807) is 19.9 Å². The third kappa shape index (κ3) is 5.08. The van der Waals surface area contributed by atoms with Gasteiger partial charge in [0.2, 0.25) is 0 Å². The average molecular weight is 561 g/mol. The van der Waals surface area contributed by atoms with Gasteiger partial charge in [0, 0.05) is 25.2 Å². The van der Waals surface area contributed by atoms with Gasteiger partial charge >= 0.3 is 11.9 Å². The fourth-order valence-electron chi connectivity index (χ4n) is 10.9. The first-order valence-corrected chi connectivity index (χ1v) is 15.7. The summed E-state index contributed by atoms with van der Waals surface area (Å²) in [7, 11) is 0. The molecule has 2 N–H and O–H groups in total. The third-order valence-corrected chi connectivity index (χ3v) is 12.8. The summed E-state index contributed by atoms with van der Waals surface area (Å²) in [6.07, 6.45) is 10.5. The number of hydrogen-bond acceptors (Lipinski definition) is 6. The normalized spacial score (nSPS) is 44.2. The molecule has 0 saturated heterocycles. The molecule has 6 heteroatoms. The first kappa shape index (κ1) is 31.5. The third-order valence-electron chi connectivity index (χ3n) is 12.8. The van der Waals surface area contributed by atoms with Crippen molar-refractivity contribution >= 4 is 11.9 Å². The minimum atomic E-state index is -0.975. The van der Waals surface area contributed by atoms with Crippen molar-refractivity contribution in [3.63, 3.8) is 0 Å². The Bertz CT molecular complexity index is 1020. The highest BCUT2D eigenvalue weighted by atomic mass is 16.5. The van der Waals surface area contributed by atoms with E-state index >= 15 is 0 Å². The maximum Gasteiger partial charge on any atom is 0.302 e. The van der Waals surface area contributed by atoms with Crippen LogP contribution in [0.1, 0.15) is 121 Å². The second-order valence-electron chi connectivity index (χ2n) is 16.1. The number of esters is 2. The first-order valence-electron chi connectivity index (χ1n) is 15.7. The fraction of sp³-hybridized carbons (Fsp3) is 0.882. The summed E-state index contributed by atoms with van der Waals surface area (Å²) >= 11 is 0. The molecular formula is C34H56O6. The van der Waals surface area contributed by atoms with Gasteiger partial charge < -0.3 is 19.7 Å². The molecule has 0 aliphatic heterocycles. The van der Waals surface area contributed by atoms with Crippen LogP contribution in [0.5, 0.6) is 0 Å². The highest BCUT2D eigenvalue weighted by Crippen LogP contribution is 2.76. The van der Waals surface area contributed by atoms with Crippen LogP contribution in [-0.2, 0) is 19.1 Å². The van der Waals surface area contributed by atoms with Crippen LogP contribution in [0, 0.1) is 45.3 Å². The highest BCUT2D eigenvalue weighted by Gasteiger charge is 2.72. The van der Waals surface area contributed by atoms with Crippen LogP contribution in [-0.4, -0.2) is 45.6 Å². The maximum atomic E-state index is 12.5. The van der Waals surface area contributed by atoms with Gasteiger partial charge in [-0.05, 0) is 106 Å². The van der Waals surface area contributed by atoms with Crippen molar-refractivity contribution in [1.29, 1.82) is 0 Å². The van der Waals surface area contributed by atoms with E-state index in [2.05, 4.69) is 34.6 Å². The molecule has 10 atom stereocenters. The minimum Gasteiger partial charge on any atom is -0.462 e. The van der Waals surface area contributed by atoms with Crippen LogP contribution < -0.4 is 0 Å².